The number of amides is 3. The summed E-state index contributed by atoms with van der Waals surface area (Å²) in [5.41, 5.74) is -0.524. The second-order valence-corrected chi connectivity index (χ2v) is 9.80. The number of esters is 1. The number of likely N-dealkylation sites (tertiary alicyclic amines) is 2. The number of hydrogen-bond donors (Lipinski definition) is 0. The maximum Gasteiger partial charge on any atom is 0.410 e. The van der Waals surface area contributed by atoms with E-state index in [2.05, 4.69) is 0 Å². The Morgan fingerprint density at radius 2 is 1.66 bits per heavy atom. The second kappa shape index (κ2) is 11.5. The molecule has 2 heterocycles. The smallest absolute Gasteiger partial charge is 0.410 e. The van der Waals surface area contributed by atoms with Crippen LogP contribution < -0.4 is 0 Å². The van der Waals surface area contributed by atoms with Crippen LogP contribution in [0.1, 0.15) is 59.8 Å². The van der Waals surface area contributed by atoms with E-state index in [0.29, 0.717) is 39.2 Å². The minimum absolute atomic E-state index is 0.00509. The van der Waals surface area contributed by atoms with Crippen molar-refractivity contribution in [1.29, 1.82) is 0 Å². The zero-order chi connectivity index (χ0) is 23.9. The van der Waals surface area contributed by atoms with E-state index in [1.54, 1.807) is 23.8 Å². The topological polar surface area (TPSA) is 96.5 Å². The van der Waals surface area contributed by atoms with Crippen LogP contribution in [0, 0.1) is 11.8 Å². The fourth-order valence-electron chi connectivity index (χ4n) is 4.10. The summed E-state index contributed by atoms with van der Waals surface area (Å²) in [4.78, 5) is 54.3. The van der Waals surface area contributed by atoms with Gasteiger partial charge in [-0.05, 0) is 59.3 Å². The Morgan fingerprint density at radius 3 is 2.25 bits per heavy atom. The third-order valence-corrected chi connectivity index (χ3v) is 5.92. The highest BCUT2D eigenvalue weighted by Crippen LogP contribution is 2.23. The molecule has 2 rings (SSSR count). The summed E-state index contributed by atoms with van der Waals surface area (Å²) in [5.74, 6) is -0.583. The molecule has 0 aliphatic carbocycles. The van der Waals surface area contributed by atoms with Gasteiger partial charge in [-0.1, -0.05) is 0 Å². The van der Waals surface area contributed by atoms with Crippen molar-refractivity contribution in [3.63, 3.8) is 0 Å². The van der Waals surface area contributed by atoms with Crippen molar-refractivity contribution >= 4 is 23.9 Å². The predicted octanol–water partition coefficient (Wildman–Crippen LogP) is 2.28. The van der Waals surface area contributed by atoms with E-state index in [-0.39, 0.29) is 42.3 Å². The molecule has 0 bridgehead atoms. The van der Waals surface area contributed by atoms with Crippen molar-refractivity contribution in [1.82, 2.24) is 14.7 Å². The lowest BCUT2D eigenvalue weighted by atomic mass is 9.93. The molecule has 0 spiro atoms. The molecule has 0 aromatic rings. The molecule has 0 N–H and O–H groups in total. The SMILES string of the molecule is CCOC(=O)C1CCCN(C(=O)CN(C)C(=O)CC2CCN(C(=O)OC(C)(C)C)CC2)C1. The quantitative estimate of drug-likeness (QED) is 0.573. The molecule has 0 aromatic heterocycles. The van der Waals surface area contributed by atoms with Crippen molar-refractivity contribution in [2.24, 2.45) is 11.8 Å². The summed E-state index contributed by atoms with van der Waals surface area (Å²) >= 11 is 0. The number of rotatable bonds is 6. The number of carbonyl (C=O) groups is 4. The molecule has 182 valence electrons. The zero-order valence-electron chi connectivity index (χ0n) is 20.2. The van der Waals surface area contributed by atoms with Crippen molar-refractivity contribution in [3.8, 4) is 0 Å². The molecule has 9 heteroatoms. The van der Waals surface area contributed by atoms with Gasteiger partial charge in [-0.25, -0.2) is 4.79 Å². The summed E-state index contributed by atoms with van der Waals surface area (Å²) < 4.78 is 10.5. The second-order valence-electron chi connectivity index (χ2n) is 9.80. The first-order chi connectivity index (χ1) is 15.0. The lowest BCUT2D eigenvalue weighted by molar-refractivity contribution is -0.152. The Bertz CT molecular complexity index is 682. The summed E-state index contributed by atoms with van der Waals surface area (Å²) in [6.45, 7) is 9.71. The molecule has 2 fully saturated rings. The summed E-state index contributed by atoms with van der Waals surface area (Å²) in [5, 5.41) is 0. The number of nitrogens with zero attached hydrogens (tertiary/aromatic N) is 3. The summed E-state index contributed by atoms with van der Waals surface area (Å²) in [6, 6.07) is 0. The van der Waals surface area contributed by atoms with Crippen molar-refractivity contribution < 1.29 is 28.7 Å². The van der Waals surface area contributed by atoms with Crippen LogP contribution in [0.3, 0.4) is 0 Å². The van der Waals surface area contributed by atoms with Crippen LogP contribution >= 0.6 is 0 Å². The van der Waals surface area contributed by atoms with Gasteiger partial charge in [0.25, 0.3) is 0 Å². The molecule has 0 aromatic carbocycles. The van der Waals surface area contributed by atoms with Crippen LogP contribution in [-0.4, -0.2) is 90.6 Å². The molecule has 1 unspecified atom stereocenters. The van der Waals surface area contributed by atoms with Gasteiger partial charge >= 0.3 is 12.1 Å². The number of piperidine rings is 2. The molecule has 0 radical (unpaired) electrons. The summed E-state index contributed by atoms with van der Waals surface area (Å²) in [6.07, 6.45) is 2.99. The monoisotopic (exact) mass is 453 g/mol. The Labute approximate surface area is 191 Å². The fourth-order valence-corrected chi connectivity index (χ4v) is 4.10. The maximum absolute atomic E-state index is 12.7. The Hall–Kier alpha value is -2.32. The highest BCUT2D eigenvalue weighted by Gasteiger charge is 2.31. The van der Waals surface area contributed by atoms with Gasteiger partial charge < -0.3 is 24.2 Å². The molecule has 0 saturated carbocycles. The highest BCUT2D eigenvalue weighted by molar-refractivity contribution is 5.85. The van der Waals surface area contributed by atoms with Crippen LogP contribution in [0.2, 0.25) is 0 Å². The average Bonchev–Trinajstić information content (AvgIpc) is 2.73. The van der Waals surface area contributed by atoms with Crippen molar-refractivity contribution in [2.75, 3.05) is 46.4 Å². The van der Waals surface area contributed by atoms with Gasteiger partial charge in [-0.15, -0.1) is 0 Å². The van der Waals surface area contributed by atoms with Gasteiger partial charge in [-0.2, -0.15) is 0 Å². The van der Waals surface area contributed by atoms with E-state index in [9.17, 15) is 19.2 Å². The first-order valence-electron chi connectivity index (χ1n) is 11.7. The van der Waals surface area contributed by atoms with E-state index in [1.165, 1.54) is 4.90 Å². The van der Waals surface area contributed by atoms with E-state index < -0.39 is 5.60 Å². The lowest BCUT2D eigenvalue weighted by Gasteiger charge is -2.34. The molecule has 32 heavy (non-hydrogen) atoms. The molecular formula is C23H39N3O6. The molecular weight excluding hydrogens is 414 g/mol. The largest absolute Gasteiger partial charge is 0.466 e. The first-order valence-corrected chi connectivity index (χ1v) is 11.7. The average molecular weight is 454 g/mol. The lowest BCUT2D eigenvalue weighted by Crippen LogP contribution is -2.47. The Morgan fingerprint density at radius 1 is 1.00 bits per heavy atom. The summed E-state index contributed by atoms with van der Waals surface area (Å²) in [7, 11) is 1.64. The Kier molecular flexibility index (Phi) is 9.33. The number of ether oxygens (including phenoxy) is 2. The van der Waals surface area contributed by atoms with E-state index >= 15 is 0 Å². The molecule has 2 aliphatic heterocycles. The van der Waals surface area contributed by atoms with Gasteiger partial charge in [0.2, 0.25) is 11.8 Å². The number of likely N-dealkylation sites (N-methyl/N-ethyl adjacent to an activating group) is 1. The normalized spacial score (nSPS) is 20.0. The number of hydrogen-bond acceptors (Lipinski definition) is 6. The molecule has 1 atom stereocenters. The molecule has 2 aliphatic rings. The molecule has 9 nitrogen and oxygen atoms in total. The van der Waals surface area contributed by atoms with Crippen LogP contribution in [0.25, 0.3) is 0 Å². The van der Waals surface area contributed by atoms with E-state index in [4.69, 9.17) is 9.47 Å². The zero-order valence-corrected chi connectivity index (χ0v) is 20.2. The van der Waals surface area contributed by atoms with Crippen LogP contribution in [-0.2, 0) is 23.9 Å². The van der Waals surface area contributed by atoms with Gasteiger partial charge in [0.15, 0.2) is 0 Å². The standard InChI is InChI=1S/C23H39N3O6/c1-6-31-21(29)18-8-7-11-26(15-18)20(28)16-24(5)19(27)14-17-9-12-25(13-10-17)22(30)32-23(2,3)4/h17-18H,6-16H2,1-5H3. The predicted molar refractivity (Wildman–Crippen MR) is 119 cm³/mol. The van der Waals surface area contributed by atoms with Crippen LogP contribution in [0.4, 0.5) is 4.79 Å². The van der Waals surface area contributed by atoms with Gasteiger partial charge in [-0.3, -0.25) is 14.4 Å². The third-order valence-electron chi connectivity index (χ3n) is 5.92. The van der Waals surface area contributed by atoms with Gasteiger partial charge in [0.1, 0.15) is 5.60 Å². The Balaban J connectivity index is 1.75. The third kappa shape index (κ3) is 7.98. The first kappa shape index (κ1) is 25.9. The van der Waals surface area contributed by atoms with E-state index in [0.717, 1.165) is 25.7 Å². The molecule has 2 saturated heterocycles. The van der Waals surface area contributed by atoms with Crippen LogP contribution in [0.5, 0.6) is 0 Å². The minimum atomic E-state index is -0.524. The fraction of sp³-hybridized carbons (Fsp3) is 0.826. The van der Waals surface area contributed by atoms with Crippen LogP contribution in [0.15, 0.2) is 0 Å². The highest BCUT2D eigenvalue weighted by atomic mass is 16.6. The van der Waals surface area contributed by atoms with Crippen molar-refractivity contribution in [2.45, 2.75) is 65.4 Å². The van der Waals surface area contributed by atoms with Gasteiger partial charge in [0, 0.05) is 39.6 Å². The van der Waals surface area contributed by atoms with E-state index in [1.807, 2.05) is 20.8 Å². The maximum atomic E-state index is 12.7. The minimum Gasteiger partial charge on any atom is -0.466 e. The van der Waals surface area contributed by atoms with Gasteiger partial charge in [0.05, 0.1) is 19.1 Å². The van der Waals surface area contributed by atoms with Crippen molar-refractivity contribution in [3.05, 3.63) is 0 Å². The molecule has 3 amide bonds. The number of carbonyl (C=O) groups excluding carboxylic acids is 4.